The van der Waals surface area contributed by atoms with E-state index in [0.29, 0.717) is 11.8 Å². The molecular weight excluding hydrogens is 402 g/mol. The van der Waals surface area contributed by atoms with Crippen LogP contribution in [0.3, 0.4) is 0 Å². The topological polar surface area (TPSA) is 49.3 Å². The van der Waals surface area contributed by atoms with Crippen LogP contribution in [-0.2, 0) is 16.5 Å². The third-order valence-electron chi connectivity index (χ3n) is 6.51. The van der Waals surface area contributed by atoms with Crippen LogP contribution in [0.2, 0.25) is 5.02 Å². The van der Waals surface area contributed by atoms with Crippen molar-refractivity contribution in [3.63, 3.8) is 0 Å². The first-order valence-electron chi connectivity index (χ1n) is 10.7. The van der Waals surface area contributed by atoms with Gasteiger partial charge < -0.3 is 5.11 Å². The van der Waals surface area contributed by atoms with Crippen molar-refractivity contribution < 1.29 is 9.32 Å². The van der Waals surface area contributed by atoms with E-state index in [1.807, 2.05) is 33.8 Å². The van der Waals surface area contributed by atoms with Crippen molar-refractivity contribution in [2.75, 3.05) is 6.61 Å². The Morgan fingerprint density at radius 1 is 1.17 bits per heavy atom. The van der Waals surface area contributed by atoms with E-state index in [1.54, 1.807) is 0 Å². The zero-order valence-electron chi connectivity index (χ0n) is 19.6. The highest BCUT2D eigenvalue weighted by Crippen LogP contribution is 2.58. The predicted molar refractivity (Wildman–Crippen MR) is 126 cm³/mol. The second-order valence-corrected chi connectivity index (χ2v) is 13.6. The highest BCUT2D eigenvalue weighted by atomic mass is 35.5. The zero-order valence-corrected chi connectivity index (χ0v) is 21.2. The maximum Gasteiger partial charge on any atom is 0.0978 e. The molecule has 3 nitrogen and oxygen atoms in total. The smallest absolute Gasteiger partial charge is 0.0978 e. The summed E-state index contributed by atoms with van der Waals surface area (Å²) in [6.07, 6.45) is 1.18. The summed E-state index contributed by atoms with van der Waals surface area (Å²) in [6.45, 7) is 19.0. The summed E-state index contributed by atoms with van der Waals surface area (Å²) in [7, 11) is -1.28. The van der Waals surface area contributed by atoms with Crippen LogP contribution in [0.15, 0.2) is 18.2 Å². The molecule has 0 aliphatic heterocycles. The van der Waals surface area contributed by atoms with Crippen molar-refractivity contribution in [1.29, 1.82) is 0 Å². The maximum atomic E-state index is 13.0. The number of nitrogens with one attached hydrogen (secondary N) is 1. The summed E-state index contributed by atoms with van der Waals surface area (Å²) in [6, 6.07) is 6.27. The van der Waals surface area contributed by atoms with E-state index in [1.165, 1.54) is 12.0 Å². The van der Waals surface area contributed by atoms with Gasteiger partial charge in [-0.2, -0.15) is 0 Å². The number of halogens is 1. The molecule has 0 heterocycles. The Balaban J connectivity index is 2.44. The molecule has 2 rings (SSSR count). The zero-order chi connectivity index (χ0) is 22.4. The normalized spacial score (nSPS) is 24.3. The van der Waals surface area contributed by atoms with Gasteiger partial charge in [0.15, 0.2) is 0 Å². The second kappa shape index (κ2) is 8.61. The van der Waals surface area contributed by atoms with Crippen LogP contribution in [0.1, 0.15) is 85.8 Å². The van der Waals surface area contributed by atoms with Crippen LogP contribution < -0.4 is 4.72 Å². The lowest BCUT2D eigenvalue weighted by Crippen LogP contribution is -2.53. The van der Waals surface area contributed by atoms with Gasteiger partial charge in [0.2, 0.25) is 0 Å². The van der Waals surface area contributed by atoms with E-state index >= 15 is 0 Å². The Labute approximate surface area is 185 Å². The molecule has 3 unspecified atom stereocenters. The Bertz CT molecular complexity index is 750. The molecule has 2 N–H and O–H groups in total. The predicted octanol–water partition coefficient (Wildman–Crippen LogP) is 6.02. The largest absolute Gasteiger partial charge is 0.396 e. The number of hydrogen-bond acceptors (Lipinski definition) is 2. The van der Waals surface area contributed by atoms with Crippen LogP contribution in [0.25, 0.3) is 0 Å². The Kier molecular flexibility index (Phi) is 7.37. The molecule has 1 aromatic carbocycles. The molecular formula is C24H40ClNO2S. The van der Waals surface area contributed by atoms with Crippen molar-refractivity contribution in [2.24, 2.45) is 23.2 Å². The van der Waals surface area contributed by atoms with Gasteiger partial charge in [0, 0.05) is 17.5 Å². The third kappa shape index (κ3) is 5.44. The Hall–Kier alpha value is -0.420. The molecule has 1 aliphatic carbocycles. The molecule has 0 bridgehead atoms. The van der Waals surface area contributed by atoms with E-state index in [4.69, 9.17) is 11.6 Å². The second-order valence-electron chi connectivity index (χ2n) is 11.3. The van der Waals surface area contributed by atoms with Crippen LogP contribution in [-0.4, -0.2) is 20.7 Å². The molecule has 1 aromatic rings. The number of hydrogen-bond donors (Lipinski definition) is 2. The average molecular weight is 442 g/mol. The van der Waals surface area contributed by atoms with Crippen molar-refractivity contribution >= 4 is 22.6 Å². The molecule has 0 spiro atoms. The number of benzene rings is 1. The summed E-state index contributed by atoms with van der Waals surface area (Å²) < 4.78 is 16.0. The van der Waals surface area contributed by atoms with Gasteiger partial charge in [-0.1, -0.05) is 58.4 Å². The monoisotopic (exact) mass is 441 g/mol. The van der Waals surface area contributed by atoms with Gasteiger partial charge in [-0.3, -0.25) is 0 Å². The first-order chi connectivity index (χ1) is 13.1. The molecule has 1 fully saturated rings. The minimum Gasteiger partial charge on any atom is -0.396 e. The minimum atomic E-state index is -1.28. The molecule has 29 heavy (non-hydrogen) atoms. The van der Waals surface area contributed by atoms with E-state index < -0.39 is 21.3 Å². The first-order valence-corrected chi connectivity index (χ1v) is 12.3. The van der Waals surface area contributed by atoms with E-state index in [-0.39, 0.29) is 23.9 Å². The molecule has 0 aromatic heterocycles. The van der Waals surface area contributed by atoms with Gasteiger partial charge in [0.1, 0.15) is 0 Å². The van der Waals surface area contributed by atoms with Gasteiger partial charge in [-0.05, 0) is 74.5 Å². The standard InChI is InChI=1S/C24H40ClNO2S/c1-15(2)20(14-27)24(9,26-29(28)23(6,7)8)16-10-11-17(21(25)12-16)18-13-19(18)22(3,4)5/h10-12,15,18-20,26-27H,13-14H2,1-9H3/t18-,19?,20?,24-,29?/m0/s1. The van der Waals surface area contributed by atoms with Crippen LogP contribution in [0.5, 0.6) is 0 Å². The van der Waals surface area contributed by atoms with Gasteiger partial charge in [-0.15, -0.1) is 0 Å². The average Bonchev–Trinajstić information content (AvgIpc) is 3.34. The van der Waals surface area contributed by atoms with Gasteiger partial charge in [-0.25, -0.2) is 8.93 Å². The van der Waals surface area contributed by atoms with Crippen molar-refractivity contribution in [3.05, 3.63) is 34.3 Å². The van der Waals surface area contributed by atoms with Gasteiger partial charge >= 0.3 is 0 Å². The fourth-order valence-corrected chi connectivity index (χ4v) is 5.68. The SMILES string of the molecule is CC(C)C(CO)[C@@](C)(NS(=O)C(C)(C)C)c1ccc([C@@H]2CC2C(C)(C)C)c(Cl)c1. The molecule has 5 heteroatoms. The molecule has 0 saturated heterocycles. The molecule has 0 radical (unpaired) electrons. The Morgan fingerprint density at radius 3 is 2.14 bits per heavy atom. The summed E-state index contributed by atoms with van der Waals surface area (Å²) in [4.78, 5) is 0. The van der Waals surface area contributed by atoms with Crippen LogP contribution in [0, 0.1) is 23.2 Å². The number of rotatable bonds is 7. The van der Waals surface area contributed by atoms with E-state index in [2.05, 4.69) is 51.5 Å². The van der Waals surface area contributed by atoms with E-state index in [9.17, 15) is 9.32 Å². The number of aliphatic hydroxyl groups excluding tert-OH is 1. The minimum absolute atomic E-state index is 0.0105. The highest BCUT2D eigenvalue weighted by Gasteiger charge is 2.47. The summed E-state index contributed by atoms with van der Waals surface area (Å²) in [5.74, 6) is 1.28. The Morgan fingerprint density at radius 2 is 1.76 bits per heavy atom. The molecule has 0 amide bonds. The third-order valence-corrected chi connectivity index (χ3v) is 8.56. The molecule has 1 saturated carbocycles. The summed E-state index contributed by atoms with van der Waals surface area (Å²) >= 11 is 6.77. The van der Waals surface area contributed by atoms with Crippen LogP contribution >= 0.6 is 11.6 Å². The first kappa shape index (κ1) is 24.8. The molecule has 1 aliphatic rings. The lowest BCUT2D eigenvalue weighted by Gasteiger charge is -2.41. The molecule has 166 valence electrons. The van der Waals surface area contributed by atoms with Crippen molar-refractivity contribution in [2.45, 2.75) is 84.9 Å². The van der Waals surface area contributed by atoms with Gasteiger partial charge in [0.25, 0.3) is 0 Å². The van der Waals surface area contributed by atoms with Crippen molar-refractivity contribution in [1.82, 2.24) is 4.72 Å². The fourth-order valence-electron chi connectivity index (χ4n) is 4.40. The summed E-state index contributed by atoms with van der Waals surface area (Å²) in [5, 5.41) is 11.0. The lowest BCUT2D eigenvalue weighted by molar-refractivity contribution is 0.111. The lowest BCUT2D eigenvalue weighted by atomic mass is 9.74. The van der Waals surface area contributed by atoms with E-state index in [0.717, 1.165) is 10.6 Å². The van der Waals surface area contributed by atoms with Gasteiger partial charge in [0.05, 0.1) is 21.3 Å². The van der Waals surface area contributed by atoms with Crippen LogP contribution in [0.4, 0.5) is 0 Å². The summed E-state index contributed by atoms with van der Waals surface area (Å²) in [5.41, 5.74) is 1.81. The fraction of sp³-hybridized carbons (Fsp3) is 0.750. The quantitative estimate of drug-likeness (QED) is 0.543. The number of aliphatic hydroxyl groups is 1. The highest BCUT2D eigenvalue weighted by molar-refractivity contribution is 7.84. The van der Waals surface area contributed by atoms with Crippen molar-refractivity contribution in [3.8, 4) is 0 Å². The maximum absolute atomic E-state index is 13.0. The molecule has 5 atom stereocenters.